The van der Waals surface area contributed by atoms with Gasteiger partial charge in [0.15, 0.2) is 0 Å². The number of carbonyl (C=O) groups excluding carboxylic acids is 3. The molecule has 0 saturated carbocycles. The molecular weight excluding hydrogens is 363 g/mol. The summed E-state index contributed by atoms with van der Waals surface area (Å²) in [6.45, 7) is -2.45. The van der Waals surface area contributed by atoms with E-state index in [-0.39, 0.29) is 18.9 Å². The molecule has 0 atom stereocenters. The molecule has 3 amide bonds. The molecule has 27 heavy (non-hydrogen) atoms. The maximum Gasteiger partial charge on any atom is 0.405 e. The molecule has 144 valence electrons. The van der Waals surface area contributed by atoms with E-state index in [9.17, 15) is 27.6 Å². The van der Waals surface area contributed by atoms with Crippen LogP contribution in [-0.4, -0.2) is 43.5 Å². The van der Waals surface area contributed by atoms with E-state index in [0.29, 0.717) is 0 Å². The third-order valence-corrected chi connectivity index (χ3v) is 3.61. The quantitative estimate of drug-likeness (QED) is 0.676. The molecule has 0 fully saturated rings. The van der Waals surface area contributed by atoms with Crippen LogP contribution in [0.3, 0.4) is 0 Å². The van der Waals surface area contributed by atoms with Gasteiger partial charge in [-0.3, -0.25) is 14.4 Å². The molecule has 0 aliphatic heterocycles. The van der Waals surface area contributed by atoms with E-state index in [1.165, 1.54) is 0 Å². The molecule has 0 aliphatic carbocycles. The lowest BCUT2D eigenvalue weighted by atomic mass is 10.0. The van der Waals surface area contributed by atoms with Gasteiger partial charge in [0, 0.05) is 0 Å². The summed E-state index contributed by atoms with van der Waals surface area (Å²) in [4.78, 5) is 34.8. The summed E-state index contributed by atoms with van der Waals surface area (Å²) in [7, 11) is 0. The molecule has 0 heterocycles. The van der Waals surface area contributed by atoms with Crippen molar-refractivity contribution in [2.24, 2.45) is 0 Å². The lowest BCUT2D eigenvalue weighted by Crippen LogP contribution is -2.44. The van der Waals surface area contributed by atoms with Crippen LogP contribution < -0.4 is 16.0 Å². The number of alkyl halides is 3. The molecule has 0 saturated heterocycles. The van der Waals surface area contributed by atoms with E-state index in [2.05, 4.69) is 10.6 Å². The fourth-order valence-electron chi connectivity index (χ4n) is 2.36. The van der Waals surface area contributed by atoms with Gasteiger partial charge in [-0.25, -0.2) is 0 Å². The number of nitrogens with one attached hydrogen (secondary N) is 3. The highest BCUT2D eigenvalue weighted by molar-refractivity contribution is 5.92. The summed E-state index contributed by atoms with van der Waals surface area (Å²) in [5.41, 5.74) is 0.803. The minimum absolute atomic E-state index is 0.0701. The Morgan fingerprint density at radius 2 is 1.37 bits per heavy atom. The van der Waals surface area contributed by atoms with Gasteiger partial charge < -0.3 is 16.0 Å². The van der Waals surface area contributed by atoms with Gasteiger partial charge >= 0.3 is 6.18 Å². The van der Waals surface area contributed by atoms with Crippen LogP contribution >= 0.6 is 0 Å². The Balaban J connectivity index is 1.75. The molecule has 0 aromatic heterocycles. The highest BCUT2D eigenvalue weighted by Gasteiger charge is 2.27. The second-order valence-electron chi connectivity index (χ2n) is 5.76. The lowest BCUT2D eigenvalue weighted by Gasteiger charge is -2.10. The van der Waals surface area contributed by atoms with Crippen LogP contribution in [0.25, 0.3) is 10.8 Å². The molecular formula is C18H18F3N3O3. The van der Waals surface area contributed by atoms with Crippen molar-refractivity contribution < 1.29 is 27.6 Å². The second-order valence-corrected chi connectivity index (χ2v) is 5.76. The Hall–Kier alpha value is -3.10. The van der Waals surface area contributed by atoms with Crippen molar-refractivity contribution in [1.29, 1.82) is 0 Å². The largest absolute Gasteiger partial charge is 0.405 e. The first kappa shape index (κ1) is 20.2. The van der Waals surface area contributed by atoms with Gasteiger partial charge in [0.05, 0.1) is 19.5 Å². The molecule has 0 radical (unpaired) electrons. The van der Waals surface area contributed by atoms with Crippen LogP contribution in [0.4, 0.5) is 13.2 Å². The molecule has 2 rings (SSSR count). The van der Waals surface area contributed by atoms with Gasteiger partial charge in [0.2, 0.25) is 17.7 Å². The number of fused-ring (bicyclic) bond motifs is 1. The van der Waals surface area contributed by atoms with E-state index in [4.69, 9.17) is 0 Å². The van der Waals surface area contributed by atoms with Crippen molar-refractivity contribution in [3.8, 4) is 0 Å². The zero-order chi connectivity index (χ0) is 19.9. The number of carbonyl (C=O) groups is 3. The summed E-state index contributed by atoms with van der Waals surface area (Å²) in [6.07, 6.45) is -4.45. The van der Waals surface area contributed by atoms with E-state index < -0.39 is 31.1 Å². The first-order valence-corrected chi connectivity index (χ1v) is 8.08. The van der Waals surface area contributed by atoms with Crippen molar-refractivity contribution in [2.75, 3.05) is 19.6 Å². The standard InChI is InChI=1S/C18H18F3N3O3/c19-18(20,21)11-24-17(27)10-23-16(26)9-22-15(25)8-13-6-3-5-12-4-1-2-7-14(12)13/h1-7H,8-11H2,(H,22,25)(H,23,26)(H,24,27). The number of rotatable bonds is 7. The Morgan fingerprint density at radius 1 is 0.778 bits per heavy atom. The number of halogens is 3. The first-order valence-electron chi connectivity index (χ1n) is 8.08. The SMILES string of the molecule is O=C(CNC(=O)Cc1cccc2ccccc12)NCC(=O)NCC(F)(F)F. The molecule has 0 bridgehead atoms. The van der Waals surface area contributed by atoms with Crippen molar-refractivity contribution in [3.63, 3.8) is 0 Å². The second kappa shape index (κ2) is 9.02. The maximum absolute atomic E-state index is 12.0. The van der Waals surface area contributed by atoms with E-state index >= 15 is 0 Å². The monoisotopic (exact) mass is 381 g/mol. The van der Waals surface area contributed by atoms with Gasteiger partial charge in [0.25, 0.3) is 0 Å². The zero-order valence-corrected chi connectivity index (χ0v) is 14.2. The van der Waals surface area contributed by atoms with Crippen molar-refractivity contribution >= 4 is 28.5 Å². The Kier molecular flexibility index (Phi) is 6.75. The molecule has 0 unspecified atom stereocenters. The molecule has 2 aromatic rings. The Labute approximate surface area is 153 Å². The molecule has 6 nitrogen and oxygen atoms in total. The van der Waals surface area contributed by atoms with Crippen LogP contribution in [-0.2, 0) is 20.8 Å². The molecule has 0 spiro atoms. The molecule has 9 heteroatoms. The summed E-state index contributed by atoms with van der Waals surface area (Å²) in [6, 6.07) is 13.1. The average Bonchev–Trinajstić information content (AvgIpc) is 2.63. The van der Waals surface area contributed by atoms with E-state index in [0.717, 1.165) is 16.3 Å². The highest BCUT2D eigenvalue weighted by Crippen LogP contribution is 2.18. The summed E-state index contributed by atoms with van der Waals surface area (Å²) >= 11 is 0. The van der Waals surface area contributed by atoms with Crippen molar-refractivity contribution in [3.05, 3.63) is 48.0 Å². The highest BCUT2D eigenvalue weighted by atomic mass is 19.4. The Morgan fingerprint density at radius 3 is 2.07 bits per heavy atom. The van der Waals surface area contributed by atoms with Crippen LogP contribution in [0.2, 0.25) is 0 Å². The third kappa shape index (κ3) is 6.96. The molecule has 2 aromatic carbocycles. The van der Waals surface area contributed by atoms with Crippen molar-refractivity contribution in [2.45, 2.75) is 12.6 Å². The average molecular weight is 381 g/mol. The summed E-state index contributed by atoms with van der Waals surface area (Å²) < 4.78 is 35.9. The fraction of sp³-hybridized carbons (Fsp3) is 0.278. The van der Waals surface area contributed by atoms with Gasteiger partial charge in [0.1, 0.15) is 6.54 Å². The predicted molar refractivity (Wildman–Crippen MR) is 92.7 cm³/mol. The fourth-order valence-corrected chi connectivity index (χ4v) is 2.36. The molecule has 0 aliphatic rings. The number of amides is 3. The van der Waals surface area contributed by atoms with Crippen molar-refractivity contribution in [1.82, 2.24) is 16.0 Å². The summed E-state index contributed by atoms with van der Waals surface area (Å²) in [5, 5.41) is 8.10. The van der Waals surface area contributed by atoms with E-state index in [1.54, 1.807) is 5.32 Å². The van der Waals surface area contributed by atoms with Gasteiger partial charge in [-0.2, -0.15) is 13.2 Å². The minimum atomic E-state index is -4.52. The van der Waals surface area contributed by atoms with Gasteiger partial charge in [-0.1, -0.05) is 42.5 Å². The lowest BCUT2D eigenvalue weighted by molar-refractivity contribution is -0.138. The normalized spacial score (nSPS) is 11.1. The number of hydrogen-bond donors (Lipinski definition) is 3. The number of hydrogen-bond acceptors (Lipinski definition) is 3. The van der Waals surface area contributed by atoms with Crippen LogP contribution in [0.15, 0.2) is 42.5 Å². The van der Waals surface area contributed by atoms with E-state index in [1.807, 2.05) is 42.5 Å². The van der Waals surface area contributed by atoms with Gasteiger partial charge in [-0.05, 0) is 16.3 Å². The molecule has 3 N–H and O–H groups in total. The Bertz CT molecular complexity index is 832. The maximum atomic E-state index is 12.0. The van der Waals surface area contributed by atoms with Gasteiger partial charge in [-0.15, -0.1) is 0 Å². The number of benzene rings is 2. The zero-order valence-electron chi connectivity index (χ0n) is 14.2. The third-order valence-electron chi connectivity index (χ3n) is 3.61. The van der Waals surface area contributed by atoms with Crippen LogP contribution in [0, 0.1) is 0 Å². The van der Waals surface area contributed by atoms with Crippen LogP contribution in [0.1, 0.15) is 5.56 Å². The summed E-state index contributed by atoms with van der Waals surface area (Å²) in [5.74, 6) is -2.03. The minimum Gasteiger partial charge on any atom is -0.347 e. The van der Waals surface area contributed by atoms with Crippen LogP contribution in [0.5, 0.6) is 0 Å². The topological polar surface area (TPSA) is 87.3 Å². The first-order chi connectivity index (χ1) is 12.7. The smallest absolute Gasteiger partial charge is 0.347 e. The predicted octanol–water partition coefficient (Wildman–Crippen LogP) is 1.29.